The van der Waals surface area contributed by atoms with Crippen LogP contribution in [0.1, 0.15) is 27.2 Å². The van der Waals surface area contributed by atoms with E-state index in [0.717, 1.165) is 4.90 Å². The maximum atomic E-state index is 13.3. The molecule has 2 atom stereocenters. The van der Waals surface area contributed by atoms with Gasteiger partial charge in [0.1, 0.15) is 11.8 Å². The number of carboxylic acids is 1. The molecule has 0 spiro atoms. The molecule has 1 aliphatic rings. The number of rotatable bonds is 1. The lowest BCUT2D eigenvalue weighted by Crippen LogP contribution is -2.48. The molecule has 0 aromatic rings. The Bertz CT molecular complexity index is 313. The van der Waals surface area contributed by atoms with Gasteiger partial charge in [-0.1, -0.05) is 0 Å². The second-order valence-electron chi connectivity index (χ2n) is 5.25. The second kappa shape index (κ2) is 4.89. The van der Waals surface area contributed by atoms with Crippen LogP contribution in [0.3, 0.4) is 0 Å². The van der Waals surface area contributed by atoms with E-state index in [2.05, 4.69) is 0 Å². The van der Waals surface area contributed by atoms with Crippen LogP contribution in [0, 0.1) is 5.92 Å². The molecule has 0 unspecified atom stereocenters. The lowest BCUT2D eigenvalue weighted by molar-refractivity contribution is -0.144. The van der Waals surface area contributed by atoms with Crippen LogP contribution in [0.2, 0.25) is 0 Å². The van der Waals surface area contributed by atoms with E-state index in [1.807, 2.05) is 0 Å². The lowest BCUT2D eigenvalue weighted by atomic mass is 9.97. The third-order valence-electron chi connectivity index (χ3n) is 2.40. The van der Waals surface area contributed by atoms with Gasteiger partial charge < -0.3 is 14.7 Å². The molecular weight excluding hydrogens is 229 g/mol. The number of hydrogen-bond donors (Lipinski definition) is 1. The number of amides is 1. The zero-order valence-corrected chi connectivity index (χ0v) is 10.3. The topological polar surface area (TPSA) is 66.8 Å². The summed E-state index contributed by atoms with van der Waals surface area (Å²) in [5, 5.41) is 8.84. The summed E-state index contributed by atoms with van der Waals surface area (Å²) in [5.41, 5.74) is -0.668. The summed E-state index contributed by atoms with van der Waals surface area (Å²) in [7, 11) is 0. The molecule has 1 rings (SSSR count). The molecule has 1 saturated heterocycles. The van der Waals surface area contributed by atoms with E-state index in [1.165, 1.54) is 0 Å². The van der Waals surface area contributed by atoms with Crippen molar-refractivity contribution in [2.45, 2.75) is 39.0 Å². The van der Waals surface area contributed by atoms with Gasteiger partial charge in [0.25, 0.3) is 0 Å². The van der Waals surface area contributed by atoms with Crippen molar-refractivity contribution in [2.24, 2.45) is 5.92 Å². The van der Waals surface area contributed by atoms with E-state index < -0.39 is 29.8 Å². The Morgan fingerprint density at radius 3 is 2.41 bits per heavy atom. The molecule has 1 heterocycles. The number of hydrogen-bond acceptors (Lipinski definition) is 3. The highest BCUT2D eigenvalue weighted by Crippen LogP contribution is 2.21. The van der Waals surface area contributed by atoms with Crippen LogP contribution >= 0.6 is 0 Å². The number of nitrogens with zero attached hydrogens (tertiary/aromatic N) is 1. The van der Waals surface area contributed by atoms with Gasteiger partial charge in [-0.3, -0.25) is 4.79 Å². The minimum Gasteiger partial charge on any atom is -0.481 e. The number of piperidine rings is 1. The Morgan fingerprint density at radius 1 is 1.35 bits per heavy atom. The molecule has 0 aromatic heterocycles. The van der Waals surface area contributed by atoms with E-state index in [1.54, 1.807) is 20.8 Å². The first kappa shape index (κ1) is 13.7. The Balaban J connectivity index is 2.64. The fourth-order valence-corrected chi connectivity index (χ4v) is 1.69. The normalized spacial score (nSPS) is 25.5. The van der Waals surface area contributed by atoms with Gasteiger partial charge in [0.05, 0.1) is 12.5 Å². The van der Waals surface area contributed by atoms with Crippen molar-refractivity contribution in [3.63, 3.8) is 0 Å². The maximum absolute atomic E-state index is 13.3. The summed E-state index contributed by atoms with van der Waals surface area (Å²) >= 11 is 0. The Morgan fingerprint density at radius 2 is 1.94 bits per heavy atom. The smallest absolute Gasteiger partial charge is 0.410 e. The summed E-state index contributed by atoms with van der Waals surface area (Å²) in [6, 6.07) is 0. The van der Waals surface area contributed by atoms with E-state index >= 15 is 0 Å². The SMILES string of the molecule is CC(C)(C)OC(=O)N1C[C@H](F)C[C@H](C(=O)O)C1. The van der Waals surface area contributed by atoms with E-state index in [4.69, 9.17) is 9.84 Å². The van der Waals surface area contributed by atoms with Gasteiger partial charge in [-0.05, 0) is 27.2 Å². The first-order valence-corrected chi connectivity index (χ1v) is 5.54. The van der Waals surface area contributed by atoms with Gasteiger partial charge in [-0.15, -0.1) is 0 Å². The molecule has 1 fully saturated rings. The zero-order valence-electron chi connectivity index (χ0n) is 10.3. The van der Waals surface area contributed by atoms with Crippen molar-refractivity contribution in [1.82, 2.24) is 4.90 Å². The number of halogens is 1. The molecule has 98 valence electrons. The van der Waals surface area contributed by atoms with Crippen molar-refractivity contribution in [3.05, 3.63) is 0 Å². The first-order chi connectivity index (χ1) is 7.69. The highest BCUT2D eigenvalue weighted by atomic mass is 19.1. The van der Waals surface area contributed by atoms with Gasteiger partial charge in [0, 0.05) is 6.54 Å². The van der Waals surface area contributed by atoms with E-state index in [9.17, 15) is 14.0 Å². The zero-order chi connectivity index (χ0) is 13.2. The largest absolute Gasteiger partial charge is 0.481 e. The van der Waals surface area contributed by atoms with Crippen molar-refractivity contribution >= 4 is 12.1 Å². The minimum absolute atomic E-state index is 0.00463. The molecule has 1 amide bonds. The van der Waals surface area contributed by atoms with Gasteiger partial charge in [-0.2, -0.15) is 0 Å². The van der Waals surface area contributed by atoms with Crippen LogP contribution in [0.5, 0.6) is 0 Å². The molecule has 0 bridgehead atoms. The number of ether oxygens (including phenoxy) is 1. The Labute approximate surface area is 99.5 Å². The molecule has 1 aliphatic heterocycles. The summed E-state index contributed by atoms with van der Waals surface area (Å²) < 4.78 is 18.4. The minimum atomic E-state index is -1.31. The summed E-state index contributed by atoms with van der Waals surface area (Å²) in [4.78, 5) is 23.6. The Hall–Kier alpha value is -1.33. The molecule has 0 aliphatic carbocycles. The molecule has 1 N–H and O–H groups in total. The van der Waals surface area contributed by atoms with Crippen molar-refractivity contribution < 1.29 is 23.8 Å². The molecule has 17 heavy (non-hydrogen) atoms. The van der Waals surface area contributed by atoms with Crippen LogP contribution in [0.25, 0.3) is 0 Å². The van der Waals surface area contributed by atoms with Gasteiger partial charge >= 0.3 is 12.1 Å². The number of alkyl halides is 1. The molecule has 5 nitrogen and oxygen atoms in total. The fraction of sp³-hybridized carbons (Fsp3) is 0.818. The molecule has 0 aromatic carbocycles. The number of likely N-dealkylation sites (tertiary alicyclic amines) is 1. The average Bonchev–Trinajstić information content (AvgIpc) is 2.13. The first-order valence-electron chi connectivity index (χ1n) is 5.54. The monoisotopic (exact) mass is 247 g/mol. The highest BCUT2D eigenvalue weighted by Gasteiger charge is 2.35. The third-order valence-corrected chi connectivity index (χ3v) is 2.40. The van der Waals surface area contributed by atoms with Crippen LogP contribution < -0.4 is 0 Å². The molecular formula is C11H18FNO4. The summed E-state index contributed by atoms with van der Waals surface area (Å²) in [6.07, 6.45) is -2.02. The average molecular weight is 247 g/mol. The van der Waals surface area contributed by atoms with Crippen LogP contribution in [-0.4, -0.2) is 46.9 Å². The highest BCUT2D eigenvalue weighted by molar-refractivity contribution is 5.73. The van der Waals surface area contributed by atoms with Crippen LogP contribution in [0.4, 0.5) is 9.18 Å². The number of carbonyl (C=O) groups excluding carboxylic acids is 1. The molecule has 6 heteroatoms. The lowest BCUT2D eigenvalue weighted by Gasteiger charge is -2.34. The van der Waals surface area contributed by atoms with E-state index in [-0.39, 0.29) is 19.5 Å². The van der Waals surface area contributed by atoms with Crippen molar-refractivity contribution in [3.8, 4) is 0 Å². The van der Waals surface area contributed by atoms with Gasteiger partial charge in [0.15, 0.2) is 0 Å². The van der Waals surface area contributed by atoms with Gasteiger partial charge in [-0.25, -0.2) is 9.18 Å². The number of aliphatic carboxylic acids is 1. The predicted molar refractivity (Wildman–Crippen MR) is 58.4 cm³/mol. The van der Waals surface area contributed by atoms with Gasteiger partial charge in [0.2, 0.25) is 0 Å². The molecule has 0 saturated carbocycles. The maximum Gasteiger partial charge on any atom is 0.410 e. The number of carbonyl (C=O) groups is 2. The fourth-order valence-electron chi connectivity index (χ4n) is 1.69. The molecule has 0 radical (unpaired) electrons. The van der Waals surface area contributed by atoms with Crippen molar-refractivity contribution in [1.29, 1.82) is 0 Å². The standard InChI is InChI=1S/C11H18FNO4/c1-11(2,3)17-10(16)13-5-7(9(14)15)4-8(12)6-13/h7-8H,4-6H2,1-3H3,(H,14,15)/t7-,8+/m0/s1. The third kappa shape index (κ3) is 4.20. The van der Waals surface area contributed by atoms with Crippen molar-refractivity contribution in [2.75, 3.05) is 13.1 Å². The number of carboxylic acid groups (broad SMARTS) is 1. The quantitative estimate of drug-likeness (QED) is 0.765. The second-order valence-corrected chi connectivity index (χ2v) is 5.25. The predicted octanol–water partition coefficient (Wildman–Crippen LogP) is 1.67. The summed E-state index contributed by atoms with van der Waals surface area (Å²) in [6.45, 7) is 5.02. The van der Waals surface area contributed by atoms with Crippen LogP contribution in [-0.2, 0) is 9.53 Å². The van der Waals surface area contributed by atoms with E-state index in [0.29, 0.717) is 0 Å². The summed E-state index contributed by atoms with van der Waals surface area (Å²) in [5.74, 6) is -1.94. The Kier molecular flexibility index (Phi) is 3.95. The van der Waals surface area contributed by atoms with Crippen LogP contribution in [0.15, 0.2) is 0 Å².